The van der Waals surface area contributed by atoms with E-state index in [0.29, 0.717) is 5.00 Å². The number of rotatable bonds is 6. The maximum absolute atomic E-state index is 12.0. The number of carboxylic acid groups (broad SMARTS) is 1. The molecule has 7 heteroatoms. The van der Waals surface area contributed by atoms with Crippen molar-refractivity contribution in [3.8, 4) is 0 Å². The lowest BCUT2D eigenvalue weighted by Gasteiger charge is -2.28. The molecule has 2 amide bonds. The summed E-state index contributed by atoms with van der Waals surface area (Å²) in [6.45, 7) is 5.03. The SMILES string of the molecule is CC(C)[C@](C)(CC(=O)Nc1sccc1C(N)=O)C(=O)O. The number of thiophene rings is 1. The van der Waals surface area contributed by atoms with Crippen LogP contribution in [0.4, 0.5) is 5.00 Å². The zero-order valence-corrected chi connectivity index (χ0v) is 12.4. The summed E-state index contributed by atoms with van der Waals surface area (Å²) in [5.41, 5.74) is 4.25. The zero-order valence-electron chi connectivity index (χ0n) is 11.6. The predicted octanol–water partition coefficient (Wildman–Crippen LogP) is 1.92. The van der Waals surface area contributed by atoms with Gasteiger partial charge in [-0.3, -0.25) is 14.4 Å². The first-order valence-corrected chi connectivity index (χ1v) is 6.97. The van der Waals surface area contributed by atoms with E-state index in [1.54, 1.807) is 19.2 Å². The highest BCUT2D eigenvalue weighted by Gasteiger charge is 2.39. The Kier molecular flexibility index (Phi) is 4.88. The molecule has 0 aliphatic rings. The minimum absolute atomic E-state index is 0.171. The van der Waals surface area contributed by atoms with E-state index in [9.17, 15) is 19.5 Å². The third-order valence-corrected chi connectivity index (χ3v) is 4.30. The summed E-state index contributed by atoms with van der Waals surface area (Å²) in [6, 6.07) is 1.52. The smallest absolute Gasteiger partial charge is 0.310 e. The fraction of sp³-hybridized carbons (Fsp3) is 0.462. The van der Waals surface area contributed by atoms with Crippen LogP contribution in [0.15, 0.2) is 11.4 Å². The number of hydrogen-bond acceptors (Lipinski definition) is 4. The van der Waals surface area contributed by atoms with Crippen LogP contribution in [-0.4, -0.2) is 22.9 Å². The number of hydrogen-bond donors (Lipinski definition) is 3. The van der Waals surface area contributed by atoms with Crippen LogP contribution in [-0.2, 0) is 9.59 Å². The van der Waals surface area contributed by atoms with Gasteiger partial charge in [-0.15, -0.1) is 11.3 Å². The van der Waals surface area contributed by atoms with Crippen LogP contribution in [0.25, 0.3) is 0 Å². The minimum Gasteiger partial charge on any atom is -0.481 e. The summed E-state index contributed by atoms with van der Waals surface area (Å²) >= 11 is 1.17. The molecule has 0 aromatic carbocycles. The molecule has 1 heterocycles. The Morgan fingerprint density at radius 1 is 1.45 bits per heavy atom. The van der Waals surface area contributed by atoms with E-state index in [1.807, 2.05) is 0 Å². The molecule has 0 radical (unpaired) electrons. The van der Waals surface area contributed by atoms with Gasteiger partial charge in [0.05, 0.1) is 11.0 Å². The molecule has 4 N–H and O–H groups in total. The molecule has 6 nitrogen and oxygen atoms in total. The van der Waals surface area contributed by atoms with Crippen molar-refractivity contribution in [1.82, 2.24) is 0 Å². The normalized spacial score (nSPS) is 13.8. The molecule has 0 bridgehead atoms. The van der Waals surface area contributed by atoms with Gasteiger partial charge in [0.1, 0.15) is 5.00 Å². The van der Waals surface area contributed by atoms with Gasteiger partial charge >= 0.3 is 5.97 Å². The molecule has 1 aromatic heterocycles. The molecule has 0 aliphatic heterocycles. The van der Waals surface area contributed by atoms with Crippen molar-refractivity contribution in [2.75, 3.05) is 5.32 Å². The highest BCUT2D eigenvalue weighted by atomic mass is 32.1. The summed E-state index contributed by atoms with van der Waals surface area (Å²) in [7, 11) is 0. The second-order valence-electron chi connectivity index (χ2n) is 5.13. The number of primary amides is 1. The first-order chi connectivity index (χ1) is 9.18. The van der Waals surface area contributed by atoms with Gasteiger partial charge in [0.25, 0.3) is 5.91 Å². The Bertz CT molecular complexity index is 538. The maximum atomic E-state index is 12.0. The van der Waals surface area contributed by atoms with Crippen LogP contribution in [0, 0.1) is 11.3 Å². The second-order valence-corrected chi connectivity index (χ2v) is 6.05. The van der Waals surface area contributed by atoms with Crippen molar-refractivity contribution in [3.63, 3.8) is 0 Å². The molecule has 0 unspecified atom stereocenters. The van der Waals surface area contributed by atoms with Gasteiger partial charge < -0.3 is 16.2 Å². The highest BCUT2D eigenvalue weighted by Crippen LogP contribution is 2.32. The Morgan fingerprint density at radius 3 is 2.50 bits per heavy atom. The largest absolute Gasteiger partial charge is 0.481 e. The number of aliphatic carboxylic acids is 1. The predicted molar refractivity (Wildman–Crippen MR) is 76.7 cm³/mol. The van der Waals surface area contributed by atoms with Gasteiger partial charge in [0, 0.05) is 6.42 Å². The number of nitrogens with two attached hydrogens (primary N) is 1. The van der Waals surface area contributed by atoms with Crippen molar-refractivity contribution in [2.24, 2.45) is 17.1 Å². The summed E-state index contributed by atoms with van der Waals surface area (Å²) in [4.78, 5) is 34.5. The Labute approximate surface area is 121 Å². The monoisotopic (exact) mass is 298 g/mol. The van der Waals surface area contributed by atoms with Crippen LogP contribution in [0.2, 0.25) is 0 Å². The number of carbonyl (C=O) groups excluding carboxylic acids is 2. The van der Waals surface area contributed by atoms with Crippen molar-refractivity contribution in [1.29, 1.82) is 0 Å². The number of anilines is 1. The fourth-order valence-corrected chi connectivity index (χ4v) is 2.44. The first-order valence-electron chi connectivity index (χ1n) is 6.09. The molecule has 0 spiro atoms. The van der Waals surface area contributed by atoms with Crippen LogP contribution in [0.5, 0.6) is 0 Å². The number of amides is 2. The average Bonchev–Trinajstić information content (AvgIpc) is 2.76. The molecular formula is C13H18N2O4S. The lowest BCUT2D eigenvalue weighted by Crippen LogP contribution is -2.37. The van der Waals surface area contributed by atoms with E-state index in [-0.39, 0.29) is 17.9 Å². The lowest BCUT2D eigenvalue weighted by molar-refractivity contribution is -0.153. The lowest BCUT2D eigenvalue weighted by atomic mass is 9.76. The molecule has 0 saturated carbocycles. The van der Waals surface area contributed by atoms with Crippen molar-refractivity contribution >= 4 is 34.1 Å². The van der Waals surface area contributed by atoms with Gasteiger partial charge in [-0.25, -0.2) is 0 Å². The van der Waals surface area contributed by atoms with Gasteiger partial charge in [-0.1, -0.05) is 13.8 Å². The summed E-state index contributed by atoms with van der Waals surface area (Å²) < 4.78 is 0. The summed E-state index contributed by atoms with van der Waals surface area (Å²) in [5, 5.41) is 13.8. The van der Waals surface area contributed by atoms with Crippen LogP contribution in [0.1, 0.15) is 37.6 Å². The van der Waals surface area contributed by atoms with E-state index >= 15 is 0 Å². The molecule has 1 aromatic rings. The molecule has 0 fully saturated rings. The van der Waals surface area contributed by atoms with Gasteiger partial charge in [-0.05, 0) is 24.3 Å². The van der Waals surface area contributed by atoms with E-state index in [4.69, 9.17) is 5.73 Å². The number of nitrogens with one attached hydrogen (secondary N) is 1. The maximum Gasteiger partial charge on any atom is 0.310 e. The summed E-state index contributed by atoms with van der Waals surface area (Å²) in [5.74, 6) is -2.31. The Hall–Kier alpha value is -1.89. The first kappa shape index (κ1) is 16.2. The molecular weight excluding hydrogens is 280 g/mol. The van der Waals surface area contributed by atoms with Crippen LogP contribution in [0.3, 0.4) is 0 Å². The molecule has 0 saturated heterocycles. The topological polar surface area (TPSA) is 109 Å². The Balaban J connectivity index is 2.84. The highest BCUT2D eigenvalue weighted by molar-refractivity contribution is 7.14. The average molecular weight is 298 g/mol. The molecule has 1 rings (SSSR count). The van der Waals surface area contributed by atoms with Crippen molar-refractivity contribution < 1.29 is 19.5 Å². The van der Waals surface area contributed by atoms with E-state index < -0.39 is 23.2 Å². The molecule has 20 heavy (non-hydrogen) atoms. The minimum atomic E-state index is -1.16. The number of carbonyl (C=O) groups is 3. The van der Waals surface area contributed by atoms with Gasteiger partial charge in [-0.2, -0.15) is 0 Å². The molecule has 0 aliphatic carbocycles. The second kappa shape index (κ2) is 6.04. The molecule has 1 atom stereocenters. The van der Waals surface area contributed by atoms with E-state index in [2.05, 4.69) is 5.32 Å². The van der Waals surface area contributed by atoms with Crippen molar-refractivity contribution in [2.45, 2.75) is 27.2 Å². The summed E-state index contributed by atoms with van der Waals surface area (Å²) in [6.07, 6.45) is -0.171. The van der Waals surface area contributed by atoms with Gasteiger partial charge in [0.15, 0.2) is 0 Å². The van der Waals surface area contributed by atoms with Crippen LogP contribution < -0.4 is 11.1 Å². The standard InChI is InChI=1S/C13H18N2O4S/c1-7(2)13(3,12(18)19)6-9(16)15-11-8(10(14)17)4-5-20-11/h4-5,7H,6H2,1-3H3,(H2,14,17)(H,15,16)(H,18,19)/t13-/m0/s1. The van der Waals surface area contributed by atoms with Crippen LogP contribution >= 0.6 is 11.3 Å². The third kappa shape index (κ3) is 3.36. The Morgan fingerprint density at radius 2 is 2.05 bits per heavy atom. The fourth-order valence-electron chi connectivity index (χ4n) is 1.63. The van der Waals surface area contributed by atoms with E-state index in [1.165, 1.54) is 24.3 Å². The van der Waals surface area contributed by atoms with Gasteiger partial charge in [0.2, 0.25) is 5.91 Å². The number of carboxylic acids is 1. The third-order valence-electron chi connectivity index (χ3n) is 3.47. The quantitative estimate of drug-likeness (QED) is 0.745. The van der Waals surface area contributed by atoms with E-state index in [0.717, 1.165) is 0 Å². The van der Waals surface area contributed by atoms with Crippen molar-refractivity contribution in [3.05, 3.63) is 17.0 Å². The zero-order chi connectivity index (χ0) is 15.5. The molecule has 110 valence electrons.